The Morgan fingerprint density at radius 1 is 1.24 bits per heavy atom. The van der Waals surface area contributed by atoms with Gasteiger partial charge in [0.25, 0.3) is 5.91 Å². The van der Waals surface area contributed by atoms with Crippen LogP contribution < -0.4 is 5.32 Å². The average molecular weight is 341 g/mol. The summed E-state index contributed by atoms with van der Waals surface area (Å²) in [6.07, 6.45) is 2.59. The van der Waals surface area contributed by atoms with Gasteiger partial charge in [-0.15, -0.1) is 0 Å². The second-order valence-corrected chi connectivity index (χ2v) is 6.12. The fourth-order valence-corrected chi connectivity index (χ4v) is 3.07. The van der Waals surface area contributed by atoms with E-state index in [1.807, 2.05) is 47.2 Å². The molecular weight excluding hydrogens is 318 g/mol. The molecule has 0 saturated carbocycles. The molecule has 0 radical (unpaired) electrons. The minimum atomic E-state index is -0.518. The van der Waals surface area contributed by atoms with Gasteiger partial charge in [-0.1, -0.05) is 30.3 Å². The first-order valence-corrected chi connectivity index (χ1v) is 8.47. The zero-order valence-corrected chi connectivity index (χ0v) is 14.4. The number of fused-ring (bicyclic) bond motifs is 1. The summed E-state index contributed by atoms with van der Waals surface area (Å²) in [5, 5.41) is 2.92. The Kier molecular flexibility index (Phi) is 5.50. The van der Waals surface area contributed by atoms with Crippen molar-refractivity contribution in [2.45, 2.75) is 25.6 Å². The number of carbonyl (C=O) groups is 2. The van der Waals surface area contributed by atoms with Crippen molar-refractivity contribution in [1.82, 2.24) is 14.8 Å². The van der Waals surface area contributed by atoms with Crippen molar-refractivity contribution in [3.63, 3.8) is 0 Å². The van der Waals surface area contributed by atoms with Crippen LogP contribution in [0.1, 0.15) is 22.5 Å². The normalized spacial score (nSPS) is 16.6. The number of amides is 2. The van der Waals surface area contributed by atoms with Gasteiger partial charge < -0.3 is 19.5 Å². The van der Waals surface area contributed by atoms with Gasteiger partial charge in [-0.2, -0.15) is 0 Å². The van der Waals surface area contributed by atoms with E-state index in [0.717, 1.165) is 12.0 Å². The van der Waals surface area contributed by atoms with E-state index in [-0.39, 0.29) is 11.8 Å². The predicted molar refractivity (Wildman–Crippen MR) is 94.0 cm³/mol. The molecule has 0 bridgehead atoms. The summed E-state index contributed by atoms with van der Waals surface area (Å²) in [5.74, 6) is -0.239. The predicted octanol–water partition coefficient (Wildman–Crippen LogP) is 1.67. The highest BCUT2D eigenvalue weighted by Gasteiger charge is 2.36. The SMILES string of the molecule is COCCCNC(=O)C1Cn2cccc2C(=O)N1Cc1ccccc1. The van der Waals surface area contributed by atoms with E-state index in [1.54, 1.807) is 18.1 Å². The van der Waals surface area contributed by atoms with Gasteiger partial charge in [0.05, 0.1) is 6.54 Å². The van der Waals surface area contributed by atoms with Crippen LogP contribution in [0.25, 0.3) is 0 Å². The van der Waals surface area contributed by atoms with E-state index in [0.29, 0.717) is 31.9 Å². The highest BCUT2D eigenvalue weighted by Crippen LogP contribution is 2.21. The van der Waals surface area contributed by atoms with Crippen molar-refractivity contribution in [3.05, 3.63) is 59.9 Å². The molecule has 1 aromatic carbocycles. The molecule has 25 heavy (non-hydrogen) atoms. The number of aromatic nitrogens is 1. The monoisotopic (exact) mass is 341 g/mol. The van der Waals surface area contributed by atoms with Gasteiger partial charge in [-0.25, -0.2) is 0 Å². The third kappa shape index (κ3) is 3.91. The molecule has 132 valence electrons. The Hall–Kier alpha value is -2.60. The molecule has 0 saturated heterocycles. The molecule has 1 unspecified atom stereocenters. The summed E-state index contributed by atoms with van der Waals surface area (Å²) < 4.78 is 6.85. The highest BCUT2D eigenvalue weighted by atomic mass is 16.5. The molecule has 0 fully saturated rings. The Balaban J connectivity index is 1.77. The topological polar surface area (TPSA) is 63.6 Å². The van der Waals surface area contributed by atoms with Crippen LogP contribution >= 0.6 is 0 Å². The fourth-order valence-electron chi connectivity index (χ4n) is 3.07. The Labute approximate surface area is 147 Å². The van der Waals surface area contributed by atoms with Gasteiger partial charge in [0.15, 0.2) is 0 Å². The van der Waals surface area contributed by atoms with Crippen LogP contribution in [0.15, 0.2) is 48.7 Å². The molecule has 6 heteroatoms. The number of ether oxygens (including phenoxy) is 1. The van der Waals surface area contributed by atoms with E-state index in [9.17, 15) is 9.59 Å². The van der Waals surface area contributed by atoms with Crippen LogP contribution in [0, 0.1) is 0 Å². The third-order valence-corrected chi connectivity index (χ3v) is 4.38. The number of nitrogens with one attached hydrogen (secondary N) is 1. The fraction of sp³-hybridized carbons (Fsp3) is 0.368. The number of methoxy groups -OCH3 is 1. The van der Waals surface area contributed by atoms with Gasteiger partial charge in [-0.05, 0) is 24.1 Å². The van der Waals surface area contributed by atoms with E-state index < -0.39 is 6.04 Å². The molecular formula is C19H23N3O3. The summed E-state index contributed by atoms with van der Waals surface area (Å²) in [6.45, 7) is 2.02. The van der Waals surface area contributed by atoms with Gasteiger partial charge in [0, 0.05) is 33.0 Å². The minimum Gasteiger partial charge on any atom is -0.385 e. The molecule has 1 aliphatic rings. The summed E-state index contributed by atoms with van der Waals surface area (Å²) in [7, 11) is 1.64. The van der Waals surface area contributed by atoms with Crippen molar-refractivity contribution in [2.75, 3.05) is 20.3 Å². The lowest BCUT2D eigenvalue weighted by Crippen LogP contribution is -2.54. The molecule has 1 aliphatic heterocycles. The molecule has 2 amide bonds. The van der Waals surface area contributed by atoms with Crippen molar-refractivity contribution < 1.29 is 14.3 Å². The van der Waals surface area contributed by atoms with Crippen molar-refractivity contribution in [1.29, 1.82) is 0 Å². The number of carbonyl (C=O) groups excluding carboxylic acids is 2. The molecule has 0 aliphatic carbocycles. The average Bonchev–Trinajstić information content (AvgIpc) is 3.10. The van der Waals surface area contributed by atoms with E-state index in [4.69, 9.17) is 4.74 Å². The lowest BCUT2D eigenvalue weighted by atomic mass is 10.1. The van der Waals surface area contributed by atoms with E-state index in [2.05, 4.69) is 5.32 Å². The minimum absolute atomic E-state index is 0.114. The second kappa shape index (κ2) is 7.98. The maximum absolute atomic E-state index is 12.9. The summed E-state index contributed by atoms with van der Waals surface area (Å²) >= 11 is 0. The first-order chi connectivity index (χ1) is 12.2. The van der Waals surface area contributed by atoms with Crippen LogP contribution in [-0.4, -0.2) is 47.6 Å². The van der Waals surface area contributed by atoms with Gasteiger partial charge in [0.1, 0.15) is 11.7 Å². The zero-order chi connectivity index (χ0) is 17.6. The number of benzene rings is 1. The quantitative estimate of drug-likeness (QED) is 0.779. The number of hydrogen-bond donors (Lipinski definition) is 1. The maximum atomic E-state index is 12.9. The molecule has 2 aromatic rings. The van der Waals surface area contributed by atoms with Gasteiger partial charge >= 0.3 is 0 Å². The van der Waals surface area contributed by atoms with Crippen molar-refractivity contribution >= 4 is 11.8 Å². The van der Waals surface area contributed by atoms with Crippen LogP contribution in [0.4, 0.5) is 0 Å². The van der Waals surface area contributed by atoms with Crippen LogP contribution in [0.5, 0.6) is 0 Å². The van der Waals surface area contributed by atoms with Gasteiger partial charge in [-0.3, -0.25) is 9.59 Å². The molecule has 1 N–H and O–H groups in total. The Morgan fingerprint density at radius 3 is 2.80 bits per heavy atom. The summed E-state index contributed by atoms with van der Waals surface area (Å²) in [6, 6.07) is 12.9. The number of rotatable bonds is 7. The van der Waals surface area contributed by atoms with Crippen molar-refractivity contribution in [2.24, 2.45) is 0 Å². The molecule has 6 nitrogen and oxygen atoms in total. The standard InChI is InChI=1S/C19H23N3O3/c1-25-12-6-10-20-18(23)17-14-21-11-5-9-16(21)19(24)22(17)13-15-7-3-2-4-8-15/h2-5,7-9,11,17H,6,10,12-14H2,1H3,(H,20,23). The largest absolute Gasteiger partial charge is 0.385 e. The zero-order valence-electron chi connectivity index (χ0n) is 14.4. The number of hydrogen-bond acceptors (Lipinski definition) is 3. The van der Waals surface area contributed by atoms with Crippen molar-refractivity contribution in [3.8, 4) is 0 Å². The summed E-state index contributed by atoms with van der Waals surface area (Å²) in [4.78, 5) is 27.2. The number of nitrogens with zero attached hydrogens (tertiary/aromatic N) is 2. The molecule has 1 atom stereocenters. The molecule has 2 heterocycles. The third-order valence-electron chi connectivity index (χ3n) is 4.38. The Bertz CT molecular complexity index is 727. The van der Waals surface area contributed by atoms with E-state index >= 15 is 0 Å². The van der Waals surface area contributed by atoms with Gasteiger partial charge in [0.2, 0.25) is 5.91 Å². The maximum Gasteiger partial charge on any atom is 0.271 e. The lowest BCUT2D eigenvalue weighted by molar-refractivity contribution is -0.126. The summed E-state index contributed by atoms with van der Waals surface area (Å²) in [5.41, 5.74) is 1.63. The molecule has 0 spiro atoms. The first kappa shape index (κ1) is 17.2. The molecule has 1 aromatic heterocycles. The first-order valence-electron chi connectivity index (χ1n) is 8.47. The Morgan fingerprint density at radius 2 is 2.04 bits per heavy atom. The van der Waals surface area contributed by atoms with Crippen LogP contribution in [-0.2, 0) is 22.6 Å². The molecule has 3 rings (SSSR count). The van der Waals surface area contributed by atoms with Crippen LogP contribution in [0.2, 0.25) is 0 Å². The second-order valence-electron chi connectivity index (χ2n) is 6.12. The highest BCUT2D eigenvalue weighted by molar-refractivity contribution is 5.97. The smallest absolute Gasteiger partial charge is 0.271 e. The van der Waals surface area contributed by atoms with Crippen LogP contribution in [0.3, 0.4) is 0 Å². The van der Waals surface area contributed by atoms with E-state index in [1.165, 1.54) is 0 Å². The lowest BCUT2D eigenvalue weighted by Gasteiger charge is -2.35.